The summed E-state index contributed by atoms with van der Waals surface area (Å²) in [4.78, 5) is 42.4. The molecule has 3 aromatic rings. The summed E-state index contributed by atoms with van der Waals surface area (Å²) in [6.07, 6.45) is -0.688. The topological polar surface area (TPSA) is 96.9 Å². The Morgan fingerprint density at radius 3 is 2.44 bits per heavy atom. The predicted molar refractivity (Wildman–Crippen MR) is 154 cm³/mol. The van der Waals surface area contributed by atoms with Gasteiger partial charge in [-0.15, -0.1) is 0 Å². The highest BCUT2D eigenvalue weighted by atomic mass is 35.5. The molecule has 0 spiro atoms. The van der Waals surface area contributed by atoms with E-state index < -0.39 is 12.1 Å². The standard InChI is InChI=1S/C28H23Cl4N3O4/c1-15(36)33-9-4-10-39-24-8-7-17(29)12-20(24)28(38)35-27-23(37)11-16-5-2-3-6-19(16)26(34-27)25-21(31)13-18(30)14-22(25)32/h2-3,5-8,12-14,27H,4,9-11H2,1H3,(H,33,36)(H,35,38). The fourth-order valence-corrected chi connectivity index (χ4v) is 5.24. The highest BCUT2D eigenvalue weighted by molar-refractivity contribution is 6.43. The predicted octanol–water partition coefficient (Wildman–Crippen LogP) is 5.92. The molecule has 0 radical (unpaired) electrons. The molecule has 1 heterocycles. The van der Waals surface area contributed by atoms with Gasteiger partial charge in [0.15, 0.2) is 11.9 Å². The zero-order valence-electron chi connectivity index (χ0n) is 20.7. The van der Waals surface area contributed by atoms with Gasteiger partial charge in [-0.05, 0) is 42.3 Å². The Morgan fingerprint density at radius 2 is 1.72 bits per heavy atom. The van der Waals surface area contributed by atoms with Crippen molar-refractivity contribution in [2.45, 2.75) is 25.9 Å². The number of hydrogen-bond acceptors (Lipinski definition) is 5. The lowest BCUT2D eigenvalue weighted by molar-refractivity contribution is -0.120. The van der Waals surface area contributed by atoms with Gasteiger partial charge in [-0.25, -0.2) is 0 Å². The quantitative estimate of drug-likeness (QED) is 0.311. The fourth-order valence-electron chi connectivity index (χ4n) is 4.07. The summed E-state index contributed by atoms with van der Waals surface area (Å²) in [5.74, 6) is -0.795. The number of Topliss-reactive ketones (excluding diaryl/α,β-unsaturated/α-hetero) is 1. The van der Waals surface area contributed by atoms with Crippen molar-refractivity contribution in [2.75, 3.05) is 13.2 Å². The molecular weight excluding hydrogens is 584 g/mol. The minimum Gasteiger partial charge on any atom is -0.493 e. The number of rotatable bonds is 8. The van der Waals surface area contributed by atoms with Crippen LogP contribution in [0.2, 0.25) is 20.1 Å². The van der Waals surface area contributed by atoms with Gasteiger partial charge in [0.2, 0.25) is 5.91 Å². The minimum atomic E-state index is -1.24. The highest BCUT2D eigenvalue weighted by Crippen LogP contribution is 2.33. The monoisotopic (exact) mass is 605 g/mol. The van der Waals surface area contributed by atoms with Gasteiger partial charge in [-0.1, -0.05) is 70.7 Å². The first kappa shape index (κ1) is 28.9. The van der Waals surface area contributed by atoms with Crippen LogP contribution in [0.1, 0.15) is 40.4 Å². The number of benzene rings is 3. The maximum Gasteiger partial charge on any atom is 0.257 e. The molecule has 3 aromatic carbocycles. The lowest BCUT2D eigenvalue weighted by Gasteiger charge is -2.17. The van der Waals surface area contributed by atoms with Crippen molar-refractivity contribution in [3.05, 3.63) is 96.9 Å². The first-order valence-corrected chi connectivity index (χ1v) is 13.5. The number of nitrogens with zero attached hydrogens (tertiary/aromatic N) is 1. The van der Waals surface area contributed by atoms with Crippen molar-refractivity contribution in [3.8, 4) is 5.75 Å². The second kappa shape index (κ2) is 12.8. The minimum absolute atomic E-state index is 0.0268. The second-order valence-corrected chi connectivity index (χ2v) is 10.4. The van der Waals surface area contributed by atoms with Crippen molar-refractivity contribution in [2.24, 2.45) is 4.99 Å². The molecule has 0 aliphatic carbocycles. The van der Waals surface area contributed by atoms with Gasteiger partial charge in [-0.2, -0.15) is 0 Å². The fraction of sp³-hybridized carbons (Fsp3) is 0.214. The number of fused-ring (bicyclic) bond motifs is 1. The number of hydrogen-bond donors (Lipinski definition) is 2. The van der Waals surface area contributed by atoms with Crippen molar-refractivity contribution >= 4 is 69.7 Å². The van der Waals surface area contributed by atoms with Gasteiger partial charge in [0.25, 0.3) is 5.91 Å². The van der Waals surface area contributed by atoms with Gasteiger partial charge < -0.3 is 15.4 Å². The average Bonchev–Trinajstić information content (AvgIpc) is 3.00. The van der Waals surface area contributed by atoms with Crippen LogP contribution in [0.25, 0.3) is 0 Å². The molecule has 39 heavy (non-hydrogen) atoms. The molecule has 11 heteroatoms. The van der Waals surface area contributed by atoms with Crippen LogP contribution in [0, 0.1) is 0 Å². The van der Waals surface area contributed by atoms with Crippen LogP contribution in [-0.2, 0) is 16.0 Å². The molecule has 7 nitrogen and oxygen atoms in total. The van der Waals surface area contributed by atoms with Gasteiger partial charge in [0, 0.05) is 41.1 Å². The van der Waals surface area contributed by atoms with E-state index in [1.807, 2.05) is 24.3 Å². The number of carbonyl (C=O) groups excluding carboxylic acids is 3. The van der Waals surface area contributed by atoms with Crippen molar-refractivity contribution in [3.63, 3.8) is 0 Å². The van der Waals surface area contributed by atoms with E-state index in [1.54, 1.807) is 12.1 Å². The molecule has 1 unspecified atom stereocenters. The van der Waals surface area contributed by atoms with Crippen LogP contribution in [0.15, 0.2) is 59.6 Å². The van der Waals surface area contributed by atoms with E-state index in [9.17, 15) is 14.4 Å². The summed E-state index contributed by atoms with van der Waals surface area (Å²) >= 11 is 25.3. The summed E-state index contributed by atoms with van der Waals surface area (Å²) in [6, 6.07) is 15.0. The van der Waals surface area contributed by atoms with Gasteiger partial charge in [0.1, 0.15) is 5.75 Å². The van der Waals surface area contributed by atoms with Gasteiger partial charge in [-0.3, -0.25) is 19.4 Å². The zero-order valence-corrected chi connectivity index (χ0v) is 23.7. The van der Waals surface area contributed by atoms with Gasteiger partial charge in [0.05, 0.1) is 27.9 Å². The number of aliphatic imine (C=N–C) groups is 1. The van der Waals surface area contributed by atoms with Crippen LogP contribution in [-0.4, -0.2) is 42.6 Å². The molecule has 1 aliphatic rings. The average molecular weight is 607 g/mol. The van der Waals surface area contributed by atoms with Crippen molar-refractivity contribution in [1.29, 1.82) is 0 Å². The molecule has 202 valence electrons. The summed E-state index contributed by atoms with van der Waals surface area (Å²) in [5.41, 5.74) is 2.27. The summed E-state index contributed by atoms with van der Waals surface area (Å²) in [5, 5.41) is 6.57. The molecule has 0 fully saturated rings. The normalized spacial score (nSPS) is 14.6. The Kier molecular flexibility index (Phi) is 9.51. The Bertz CT molecular complexity index is 1450. The highest BCUT2D eigenvalue weighted by Gasteiger charge is 2.30. The van der Waals surface area contributed by atoms with Crippen LogP contribution in [0.3, 0.4) is 0 Å². The number of ketones is 1. The third-order valence-electron chi connectivity index (χ3n) is 5.85. The van der Waals surface area contributed by atoms with E-state index in [-0.39, 0.29) is 46.1 Å². The molecule has 0 saturated carbocycles. The van der Waals surface area contributed by atoms with E-state index in [0.717, 1.165) is 0 Å². The van der Waals surface area contributed by atoms with E-state index in [0.29, 0.717) is 45.4 Å². The number of amides is 2. The molecule has 1 aliphatic heterocycles. The lowest BCUT2D eigenvalue weighted by Crippen LogP contribution is -2.40. The van der Waals surface area contributed by atoms with Crippen molar-refractivity contribution < 1.29 is 19.1 Å². The number of ether oxygens (including phenoxy) is 1. The number of halogens is 4. The molecule has 0 bridgehead atoms. The summed E-state index contributed by atoms with van der Waals surface area (Å²) in [7, 11) is 0. The smallest absolute Gasteiger partial charge is 0.257 e. The van der Waals surface area contributed by atoms with E-state index >= 15 is 0 Å². The van der Waals surface area contributed by atoms with Crippen LogP contribution < -0.4 is 15.4 Å². The number of nitrogens with one attached hydrogen (secondary N) is 2. The first-order chi connectivity index (χ1) is 18.6. The van der Waals surface area contributed by atoms with Crippen LogP contribution in [0.5, 0.6) is 5.75 Å². The molecule has 1 atom stereocenters. The van der Waals surface area contributed by atoms with Crippen LogP contribution >= 0.6 is 46.4 Å². The van der Waals surface area contributed by atoms with E-state index in [2.05, 4.69) is 15.6 Å². The third kappa shape index (κ3) is 7.11. The summed E-state index contributed by atoms with van der Waals surface area (Å²) in [6.45, 7) is 2.10. The molecular formula is C28H23Cl4N3O4. The Labute approximate surface area is 245 Å². The van der Waals surface area contributed by atoms with Gasteiger partial charge >= 0.3 is 0 Å². The second-order valence-electron chi connectivity index (χ2n) is 8.72. The Hall–Kier alpha value is -3.10. The summed E-state index contributed by atoms with van der Waals surface area (Å²) < 4.78 is 5.78. The van der Waals surface area contributed by atoms with E-state index in [4.69, 9.17) is 51.1 Å². The molecule has 0 aromatic heterocycles. The first-order valence-electron chi connectivity index (χ1n) is 12.0. The number of carbonyl (C=O) groups is 3. The zero-order chi connectivity index (χ0) is 28.1. The molecule has 0 saturated heterocycles. The van der Waals surface area contributed by atoms with Crippen LogP contribution in [0.4, 0.5) is 0 Å². The van der Waals surface area contributed by atoms with Crippen molar-refractivity contribution in [1.82, 2.24) is 10.6 Å². The van der Waals surface area contributed by atoms with E-state index in [1.165, 1.54) is 25.1 Å². The molecule has 4 rings (SSSR count). The Balaban J connectivity index is 1.66. The molecule has 2 amide bonds. The maximum atomic E-state index is 13.4. The largest absolute Gasteiger partial charge is 0.493 e. The third-order valence-corrected chi connectivity index (χ3v) is 6.90. The SMILES string of the molecule is CC(=O)NCCCOc1ccc(Cl)cc1C(=O)NC1N=C(c2c(Cl)cc(Cl)cc2Cl)c2ccccc2CC1=O. The molecule has 2 N–H and O–H groups in total. The Morgan fingerprint density at radius 1 is 1.00 bits per heavy atom. The maximum absolute atomic E-state index is 13.4. The lowest BCUT2D eigenvalue weighted by atomic mass is 9.96.